The van der Waals surface area contributed by atoms with E-state index in [1.807, 2.05) is 20.8 Å². The molecule has 11 unspecified atom stereocenters. The zero-order valence-corrected chi connectivity index (χ0v) is 22.4. The molecule has 0 bridgehead atoms. The van der Waals surface area contributed by atoms with E-state index in [4.69, 9.17) is 4.18 Å². The third kappa shape index (κ3) is 4.12. The monoisotopic (exact) mass is 530 g/mol. The molecule has 0 spiro atoms. The predicted octanol–water partition coefficient (Wildman–Crippen LogP) is 2.18. The van der Waals surface area contributed by atoms with Crippen molar-refractivity contribution >= 4 is 16.2 Å². The van der Waals surface area contributed by atoms with E-state index in [9.17, 15) is 38.2 Å². The second kappa shape index (κ2) is 9.10. The van der Waals surface area contributed by atoms with E-state index in [1.54, 1.807) is 6.08 Å². The summed E-state index contributed by atoms with van der Waals surface area (Å²) in [7, 11) is -4.95. The van der Waals surface area contributed by atoms with Crippen LogP contribution < -0.4 is 0 Å². The summed E-state index contributed by atoms with van der Waals surface area (Å²) in [6, 6.07) is 0. The second-order valence-corrected chi connectivity index (χ2v) is 13.6. The number of carbonyl (C=O) groups is 1. The molecule has 4 saturated carbocycles. The molecule has 206 valence electrons. The maximum Gasteiger partial charge on any atom is 0.397 e. The molecule has 4 aliphatic carbocycles. The van der Waals surface area contributed by atoms with Crippen molar-refractivity contribution in [3.05, 3.63) is 12.2 Å². The summed E-state index contributed by atoms with van der Waals surface area (Å²) < 4.78 is 38.5. The SMILES string of the molecule is CC(=O)C=CCC(C)C1CC(OS(=O)(=O)O)C2(O)C1(C)CCC1C3(C)CCC(O)CC3C(O)CC12O. The Kier molecular flexibility index (Phi) is 7.11. The molecule has 0 heterocycles. The highest BCUT2D eigenvalue weighted by molar-refractivity contribution is 7.80. The minimum atomic E-state index is -4.95. The summed E-state index contributed by atoms with van der Waals surface area (Å²) in [5, 5.41) is 46.6. The van der Waals surface area contributed by atoms with Crippen LogP contribution in [0.4, 0.5) is 0 Å². The van der Waals surface area contributed by atoms with Gasteiger partial charge in [0.25, 0.3) is 0 Å². The van der Waals surface area contributed by atoms with Crippen LogP contribution in [-0.4, -0.2) is 68.7 Å². The van der Waals surface area contributed by atoms with Crippen molar-refractivity contribution in [2.24, 2.45) is 34.5 Å². The van der Waals surface area contributed by atoms with Crippen molar-refractivity contribution < 1.29 is 42.4 Å². The molecule has 0 amide bonds. The molecular formula is C26H42O9S. The number of allylic oxidation sites excluding steroid dienone is 2. The molecular weight excluding hydrogens is 488 g/mol. The van der Waals surface area contributed by atoms with Gasteiger partial charge in [-0.25, -0.2) is 4.18 Å². The first kappa shape index (κ1) is 28.1. The normalized spacial score (nSPS) is 49.8. The van der Waals surface area contributed by atoms with E-state index >= 15 is 0 Å². The first-order valence-corrected chi connectivity index (χ1v) is 14.5. The average molecular weight is 531 g/mol. The molecule has 4 fully saturated rings. The summed E-state index contributed by atoms with van der Waals surface area (Å²) >= 11 is 0. The predicted molar refractivity (Wildman–Crippen MR) is 131 cm³/mol. The largest absolute Gasteiger partial charge is 0.397 e. The molecule has 0 aromatic heterocycles. The van der Waals surface area contributed by atoms with Gasteiger partial charge >= 0.3 is 10.4 Å². The van der Waals surface area contributed by atoms with Crippen LogP contribution in [0.3, 0.4) is 0 Å². The van der Waals surface area contributed by atoms with Gasteiger partial charge in [-0.1, -0.05) is 26.8 Å². The van der Waals surface area contributed by atoms with Gasteiger partial charge in [0.15, 0.2) is 5.78 Å². The van der Waals surface area contributed by atoms with Crippen LogP contribution in [0.5, 0.6) is 0 Å². The van der Waals surface area contributed by atoms with Crippen molar-refractivity contribution in [1.29, 1.82) is 0 Å². The Morgan fingerprint density at radius 3 is 2.42 bits per heavy atom. The Morgan fingerprint density at radius 2 is 1.81 bits per heavy atom. The quantitative estimate of drug-likeness (QED) is 0.256. The van der Waals surface area contributed by atoms with E-state index in [0.29, 0.717) is 38.5 Å². The van der Waals surface area contributed by atoms with Gasteiger partial charge in [0.05, 0.1) is 12.2 Å². The number of aliphatic hydroxyl groups excluding tert-OH is 2. The Labute approximate surface area is 213 Å². The third-order valence-corrected chi connectivity index (χ3v) is 11.2. The Hall–Kier alpha value is -0.880. The molecule has 10 heteroatoms. The van der Waals surface area contributed by atoms with Gasteiger partial charge in [-0.15, -0.1) is 0 Å². The molecule has 11 atom stereocenters. The van der Waals surface area contributed by atoms with Gasteiger partial charge in [-0.3, -0.25) is 9.35 Å². The fourth-order valence-electron chi connectivity index (χ4n) is 9.15. The highest BCUT2D eigenvalue weighted by atomic mass is 32.3. The minimum Gasteiger partial charge on any atom is -0.393 e. The van der Waals surface area contributed by atoms with Gasteiger partial charge in [0.2, 0.25) is 0 Å². The maximum absolute atomic E-state index is 12.6. The molecule has 36 heavy (non-hydrogen) atoms. The number of aliphatic hydroxyl groups is 4. The van der Waals surface area contributed by atoms with E-state index in [-0.39, 0.29) is 36.4 Å². The van der Waals surface area contributed by atoms with Gasteiger partial charge in [0, 0.05) is 11.8 Å². The Bertz CT molecular complexity index is 1010. The highest BCUT2D eigenvalue weighted by Crippen LogP contribution is 2.71. The molecule has 9 nitrogen and oxygen atoms in total. The maximum atomic E-state index is 12.6. The van der Waals surface area contributed by atoms with Gasteiger partial charge in [-0.2, -0.15) is 8.42 Å². The lowest BCUT2D eigenvalue weighted by Gasteiger charge is -2.68. The van der Waals surface area contributed by atoms with E-state index < -0.39 is 56.7 Å². The van der Waals surface area contributed by atoms with E-state index in [2.05, 4.69) is 0 Å². The Balaban J connectivity index is 1.79. The number of hydrogen-bond acceptors (Lipinski definition) is 8. The summed E-state index contributed by atoms with van der Waals surface area (Å²) in [6.07, 6.45) is 3.28. The highest BCUT2D eigenvalue weighted by Gasteiger charge is 2.79. The smallest absolute Gasteiger partial charge is 0.393 e. The van der Waals surface area contributed by atoms with Crippen LogP contribution in [0, 0.1) is 34.5 Å². The van der Waals surface area contributed by atoms with Gasteiger partial charge in [-0.05, 0) is 87.0 Å². The van der Waals surface area contributed by atoms with Gasteiger partial charge < -0.3 is 20.4 Å². The van der Waals surface area contributed by atoms with Gasteiger partial charge in [0.1, 0.15) is 17.3 Å². The second-order valence-electron chi connectivity index (χ2n) is 12.6. The van der Waals surface area contributed by atoms with E-state index in [0.717, 1.165) is 0 Å². The van der Waals surface area contributed by atoms with Crippen molar-refractivity contribution in [2.75, 3.05) is 0 Å². The van der Waals surface area contributed by atoms with E-state index in [1.165, 1.54) is 13.0 Å². The zero-order chi connectivity index (χ0) is 26.9. The van der Waals surface area contributed by atoms with Crippen LogP contribution >= 0.6 is 0 Å². The van der Waals surface area contributed by atoms with Crippen LogP contribution in [0.1, 0.15) is 79.1 Å². The molecule has 0 aromatic carbocycles. The zero-order valence-electron chi connectivity index (χ0n) is 21.6. The first-order chi connectivity index (χ1) is 16.5. The molecule has 0 aliphatic heterocycles. The fourth-order valence-corrected chi connectivity index (χ4v) is 9.66. The Morgan fingerprint density at radius 1 is 1.14 bits per heavy atom. The molecule has 4 aliphatic rings. The molecule has 0 radical (unpaired) electrons. The lowest BCUT2D eigenvalue weighted by Crippen LogP contribution is -2.77. The van der Waals surface area contributed by atoms with Crippen LogP contribution in [0.2, 0.25) is 0 Å². The number of ketones is 1. The van der Waals surface area contributed by atoms with Crippen molar-refractivity contribution in [3.8, 4) is 0 Å². The number of rotatable bonds is 6. The van der Waals surface area contributed by atoms with Crippen molar-refractivity contribution in [1.82, 2.24) is 0 Å². The standard InChI is InChI=1S/C26H42O9S/c1-15(6-5-7-16(2)27)18-13-22(35-36(32,33)34)26(31)24(18,4)11-9-21-23(3)10-8-17(28)12-19(23)20(29)14-25(21,26)30/h5,7,15,17-22,28-31H,6,8-14H2,1-4H3,(H,32,33,34). The third-order valence-electron chi connectivity index (χ3n) is 10.8. The summed E-state index contributed by atoms with van der Waals surface area (Å²) in [5.74, 6) is -1.17. The average Bonchev–Trinajstić information content (AvgIpc) is 2.97. The van der Waals surface area contributed by atoms with Crippen LogP contribution in [-0.2, 0) is 19.4 Å². The number of hydrogen-bond donors (Lipinski definition) is 5. The number of carbonyl (C=O) groups excluding carboxylic acids is 1. The summed E-state index contributed by atoms with van der Waals surface area (Å²) in [4.78, 5) is 11.4. The number of fused-ring (bicyclic) bond motifs is 5. The van der Waals surface area contributed by atoms with Crippen LogP contribution in [0.15, 0.2) is 12.2 Å². The molecule has 4 rings (SSSR count). The summed E-state index contributed by atoms with van der Waals surface area (Å²) in [6.45, 7) is 7.25. The lowest BCUT2D eigenvalue weighted by molar-refractivity contribution is -0.328. The molecule has 0 saturated heterocycles. The van der Waals surface area contributed by atoms with Crippen LogP contribution in [0.25, 0.3) is 0 Å². The topological polar surface area (TPSA) is 162 Å². The molecule has 0 aromatic rings. The molecule has 5 N–H and O–H groups in total. The first-order valence-electron chi connectivity index (χ1n) is 13.1. The lowest BCUT2D eigenvalue weighted by atomic mass is 9.40. The van der Waals surface area contributed by atoms with Crippen molar-refractivity contribution in [2.45, 2.75) is 109 Å². The minimum absolute atomic E-state index is 0.0877. The van der Waals surface area contributed by atoms with Crippen molar-refractivity contribution in [3.63, 3.8) is 0 Å². The fraction of sp³-hybridized carbons (Fsp3) is 0.885. The summed E-state index contributed by atoms with van der Waals surface area (Å²) in [5.41, 5.74) is -5.48.